The molecule has 0 aromatic carbocycles. The van der Waals surface area contributed by atoms with Crippen LogP contribution in [0.2, 0.25) is 23.3 Å². The molecule has 0 aromatic rings. The number of aliphatic hydroxyl groups is 8. The molecule has 4 saturated carbocycles. The van der Waals surface area contributed by atoms with Crippen LogP contribution in [0.3, 0.4) is 0 Å². The molecule has 8 radical (unpaired) electrons. The van der Waals surface area contributed by atoms with Crippen LogP contribution in [0, 0.1) is 47.3 Å². The highest BCUT2D eigenvalue weighted by Crippen LogP contribution is 2.39. The maximum absolute atomic E-state index is 8.82. The van der Waals surface area contributed by atoms with Crippen molar-refractivity contribution in [2.24, 2.45) is 47.3 Å². The molecule has 8 nitrogen and oxygen atoms in total. The highest BCUT2D eigenvalue weighted by molar-refractivity contribution is 6.12. The second-order valence-electron chi connectivity index (χ2n) is 12.5. The predicted molar refractivity (Wildman–Crippen MR) is 160 cm³/mol. The summed E-state index contributed by atoms with van der Waals surface area (Å²) >= 11 is 0. The van der Waals surface area contributed by atoms with Crippen LogP contribution < -0.4 is 0 Å². The molecule has 8 atom stereocenters. The van der Waals surface area contributed by atoms with Crippen LogP contribution in [0.4, 0.5) is 0 Å². The van der Waals surface area contributed by atoms with Gasteiger partial charge in [-0.15, -0.1) is 0 Å². The van der Waals surface area contributed by atoms with E-state index in [4.69, 9.17) is 72.2 Å². The summed E-state index contributed by atoms with van der Waals surface area (Å²) in [6.45, 7) is 1.32. The number of hydrogen-bond acceptors (Lipinski definition) is 8. The van der Waals surface area contributed by atoms with Crippen molar-refractivity contribution < 1.29 is 40.9 Å². The SMILES string of the molecule is [B]C1C[C@@H](CO)[C@H](CO)C1.[B]C1C[C@@H](CO)[C@H](CO)C1.[B]C1C[C@H](CO)[C@@H](CO)C1.[B]C1C[C@H](CO)[C@@H](CO)C1. The largest absolute Gasteiger partial charge is 0.396 e. The van der Waals surface area contributed by atoms with E-state index in [-0.39, 0.29) is 123 Å². The number of rotatable bonds is 8. The van der Waals surface area contributed by atoms with Crippen molar-refractivity contribution in [3.05, 3.63) is 0 Å². The summed E-state index contributed by atoms with van der Waals surface area (Å²) in [4.78, 5) is 0. The standard InChI is InChI=1S/4C7H13BO2/c4*8-7-1-5(3-9)6(2-7)4-10/h4*5-7,9-10H,1-4H2/t4*5-,6-/m1100/s1. The van der Waals surface area contributed by atoms with E-state index < -0.39 is 0 Å². The minimum absolute atomic E-state index is 0.166. The topological polar surface area (TPSA) is 162 Å². The molecular formula is C28H52B4O8. The molecule has 4 aliphatic rings. The normalized spacial score (nSPS) is 35.0. The molecule has 4 fully saturated rings. The van der Waals surface area contributed by atoms with E-state index >= 15 is 0 Å². The van der Waals surface area contributed by atoms with Gasteiger partial charge in [0.05, 0.1) is 31.4 Å². The third-order valence-corrected chi connectivity index (χ3v) is 9.39. The Morgan fingerprint density at radius 3 is 0.450 bits per heavy atom. The van der Waals surface area contributed by atoms with Crippen LogP contribution in [-0.4, -0.2) is 125 Å². The lowest BCUT2D eigenvalue weighted by Gasteiger charge is -2.12. The molecule has 0 aromatic heterocycles. The quantitative estimate of drug-likeness (QED) is 0.190. The summed E-state index contributed by atoms with van der Waals surface area (Å²) in [6, 6.07) is 0. The number of hydrogen-bond donors (Lipinski definition) is 8. The minimum atomic E-state index is 0.166. The molecule has 0 amide bonds. The molecule has 224 valence electrons. The Labute approximate surface area is 247 Å². The maximum atomic E-state index is 8.82. The van der Waals surface area contributed by atoms with E-state index in [1.807, 2.05) is 0 Å². The summed E-state index contributed by atoms with van der Waals surface area (Å²) in [6.07, 6.45) is 6.90. The van der Waals surface area contributed by atoms with Gasteiger partial charge in [-0.1, -0.05) is 74.6 Å². The van der Waals surface area contributed by atoms with Gasteiger partial charge in [0, 0.05) is 52.9 Å². The van der Waals surface area contributed by atoms with E-state index in [9.17, 15) is 0 Å². The predicted octanol–water partition coefficient (Wildman–Crippen LogP) is -0.183. The van der Waals surface area contributed by atoms with E-state index in [1.165, 1.54) is 0 Å². The average Bonchev–Trinajstić information content (AvgIpc) is 3.72. The van der Waals surface area contributed by atoms with E-state index in [2.05, 4.69) is 0 Å². The smallest absolute Gasteiger partial charge is 0.0699 e. The lowest BCUT2D eigenvalue weighted by Crippen LogP contribution is -2.15. The van der Waals surface area contributed by atoms with Gasteiger partial charge in [0.25, 0.3) is 0 Å². The molecule has 0 heterocycles. The van der Waals surface area contributed by atoms with E-state index in [1.54, 1.807) is 0 Å². The fourth-order valence-corrected chi connectivity index (χ4v) is 6.82. The third kappa shape index (κ3) is 12.7. The fraction of sp³-hybridized carbons (Fsp3) is 1.00. The second kappa shape index (κ2) is 20.8. The highest BCUT2D eigenvalue weighted by Gasteiger charge is 2.32. The highest BCUT2D eigenvalue weighted by atomic mass is 16.3. The Kier molecular flexibility index (Phi) is 19.7. The fourth-order valence-electron chi connectivity index (χ4n) is 6.82. The first kappa shape index (κ1) is 38.0. The first-order valence-corrected chi connectivity index (χ1v) is 15.0. The third-order valence-electron chi connectivity index (χ3n) is 9.39. The summed E-state index contributed by atoms with van der Waals surface area (Å²) in [7, 11) is 22.6. The van der Waals surface area contributed by atoms with Gasteiger partial charge in [0.15, 0.2) is 0 Å². The van der Waals surface area contributed by atoms with Crippen LogP contribution >= 0.6 is 0 Å². The summed E-state index contributed by atoms with van der Waals surface area (Å²) in [5, 5.41) is 70.5. The van der Waals surface area contributed by atoms with Gasteiger partial charge in [-0.25, -0.2) is 0 Å². The van der Waals surface area contributed by atoms with Gasteiger partial charge in [-0.2, -0.15) is 0 Å². The van der Waals surface area contributed by atoms with Gasteiger partial charge in [0.1, 0.15) is 0 Å². The van der Waals surface area contributed by atoms with Crippen molar-refractivity contribution >= 4 is 31.4 Å². The first-order chi connectivity index (χ1) is 19.1. The molecule has 0 spiro atoms. The minimum Gasteiger partial charge on any atom is -0.396 e. The second-order valence-corrected chi connectivity index (χ2v) is 12.5. The molecule has 8 N–H and O–H groups in total. The van der Waals surface area contributed by atoms with Gasteiger partial charge >= 0.3 is 0 Å². The van der Waals surface area contributed by atoms with Crippen molar-refractivity contribution in [2.75, 3.05) is 52.9 Å². The van der Waals surface area contributed by atoms with Gasteiger partial charge in [0.2, 0.25) is 0 Å². The lowest BCUT2D eigenvalue weighted by molar-refractivity contribution is 0.141. The molecule has 0 bridgehead atoms. The monoisotopic (exact) mass is 560 g/mol. The van der Waals surface area contributed by atoms with Gasteiger partial charge in [-0.05, 0) is 47.3 Å². The Morgan fingerprint density at radius 1 is 0.275 bits per heavy atom. The molecule has 0 aliphatic heterocycles. The van der Waals surface area contributed by atoms with Crippen LogP contribution in [-0.2, 0) is 0 Å². The molecule has 12 heteroatoms. The first-order valence-electron chi connectivity index (χ1n) is 15.0. The Bertz CT molecular complexity index is 487. The average molecular weight is 560 g/mol. The molecule has 40 heavy (non-hydrogen) atoms. The molecule has 0 unspecified atom stereocenters. The van der Waals surface area contributed by atoms with Crippen molar-refractivity contribution in [1.29, 1.82) is 0 Å². The zero-order valence-electron chi connectivity index (χ0n) is 24.1. The van der Waals surface area contributed by atoms with Crippen molar-refractivity contribution in [3.8, 4) is 0 Å². The van der Waals surface area contributed by atoms with E-state index in [0.717, 1.165) is 51.4 Å². The molecular weight excluding hydrogens is 508 g/mol. The summed E-state index contributed by atoms with van der Waals surface area (Å²) in [5.74, 6) is 2.65. The summed E-state index contributed by atoms with van der Waals surface area (Å²) in [5.41, 5.74) is 0. The zero-order chi connectivity index (χ0) is 30.2. The Morgan fingerprint density at radius 2 is 0.375 bits per heavy atom. The maximum Gasteiger partial charge on any atom is 0.0699 e. The Hall–Kier alpha value is -0.0603. The lowest BCUT2D eigenvalue weighted by atomic mass is 9.85. The number of aliphatic hydroxyl groups excluding tert-OH is 8. The van der Waals surface area contributed by atoms with Gasteiger partial charge < -0.3 is 40.9 Å². The van der Waals surface area contributed by atoms with Crippen LogP contribution in [0.15, 0.2) is 0 Å². The van der Waals surface area contributed by atoms with Crippen molar-refractivity contribution in [1.82, 2.24) is 0 Å². The van der Waals surface area contributed by atoms with Crippen molar-refractivity contribution in [3.63, 3.8) is 0 Å². The van der Waals surface area contributed by atoms with Gasteiger partial charge in [-0.3, -0.25) is 0 Å². The van der Waals surface area contributed by atoms with Crippen LogP contribution in [0.1, 0.15) is 51.4 Å². The molecule has 4 rings (SSSR count). The zero-order valence-corrected chi connectivity index (χ0v) is 24.1. The summed E-state index contributed by atoms with van der Waals surface area (Å²) < 4.78 is 0. The van der Waals surface area contributed by atoms with Crippen LogP contribution in [0.25, 0.3) is 0 Å². The van der Waals surface area contributed by atoms with E-state index in [0.29, 0.717) is 0 Å². The Balaban J connectivity index is 0.000000267. The van der Waals surface area contributed by atoms with Crippen LogP contribution in [0.5, 0.6) is 0 Å². The van der Waals surface area contributed by atoms with Crippen molar-refractivity contribution in [2.45, 2.75) is 74.6 Å². The molecule has 4 aliphatic carbocycles. The molecule has 0 saturated heterocycles.